The molecule has 1 atom stereocenters. The molecule has 2 aromatic rings. The van der Waals surface area contributed by atoms with E-state index in [1.807, 2.05) is 30.0 Å². The van der Waals surface area contributed by atoms with Crippen LogP contribution < -0.4 is 14.5 Å². The van der Waals surface area contributed by atoms with Crippen molar-refractivity contribution in [1.82, 2.24) is 9.21 Å². The molecule has 0 aliphatic carbocycles. The van der Waals surface area contributed by atoms with Gasteiger partial charge >= 0.3 is 0 Å². The summed E-state index contributed by atoms with van der Waals surface area (Å²) in [6.45, 7) is 6.97. The molecular weight excluding hydrogens is 504 g/mol. The van der Waals surface area contributed by atoms with Gasteiger partial charge in [-0.3, -0.25) is 9.59 Å². The maximum Gasteiger partial charge on any atom is 0.243 e. The minimum absolute atomic E-state index is 0.0135. The highest BCUT2D eigenvalue weighted by Gasteiger charge is 2.36. The Labute approximate surface area is 225 Å². The van der Waals surface area contributed by atoms with Crippen molar-refractivity contribution >= 4 is 33.2 Å². The van der Waals surface area contributed by atoms with Crippen molar-refractivity contribution in [2.75, 3.05) is 56.2 Å². The maximum absolute atomic E-state index is 13.4. The number of methoxy groups -OCH3 is 1. The molecule has 204 valence electrons. The van der Waals surface area contributed by atoms with Gasteiger partial charge in [-0.1, -0.05) is 6.07 Å². The van der Waals surface area contributed by atoms with Gasteiger partial charge in [-0.2, -0.15) is 4.31 Å². The zero-order valence-corrected chi connectivity index (χ0v) is 23.1. The van der Waals surface area contributed by atoms with Gasteiger partial charge in [-0.15, -0.1) is 0 Å². The molecule has 3 aliphatic rings. The molecule has 0 spiro atoms. The number of carbonyl (C=O) groups is 2. The molecule has 38 heavy (non-hydrogen) atoms. The van der Waals surface area contributed by atoms with Crippen LogP contribution in [0.3, 0.4) is 0 Å². The van der Waals surface area contributed by atoms with Crippen LogP contribution in [0.5, 0.6) is 5.75 Å². The number of piperazine rings is 1. The quantitative estimate of drug-likeness (QED) is 0.580. The van der Waals surface area contributed by atoms with Gasteiger partial charge < -0.3 is 19.4 Å². The SMILES string of the molecule is COc1cccc(N2CCN(C(=O)C3CCN(S(=O)(=O)c4ccc5c(c4)C[C@@H](C)N5C(C)=O)CC3)CC2)c1. The van der Waals surface area contributed by atoms with Crippen LogP contribution in [-0.2, 0) is 26.0 Å². The summed E-state index contributed by atoms with van der Waals surface area (Å²) in [5.74, 6) is 0.744. The zero-order valence-electron chi connectivity index (χ0n) is 22.3. The highest BCUT2D eigenvalue weighted by Crippen LogP contribution is 2.35. The van der Waals surface area contributed by atoms with E-state index in [0.29, 0.717) is 45.4 Å². The second-order valence-corrected chi connectivity index (χ2v) is 12.4. The van der Waals surface area contributed by atoms with Crippen LogP contribution in [0.25, 0.3) is 0 Å². The fourth-order valence-corrected chi connectivity index (χ4v) is 7.51. The first kappa shape index (κ1) is 26.5. The van der Waals surface area contributed by atoms with Crippen molar-refractivity contribution in [3.05, 3.63) is 48.0 Å². The molecule has 5 rings (SSSR count). The van der Waals surface area contributed by atoms with Crippen molar-refractivity contribution < 1.29 is 22.7 Å². The van der Waals surface area contributed by atoms with E-state index in [1.165, 1.54) is 11.2 Å². The second-order valence-electron chi connectivity index (χ2n) is 10.4. The third-order valence-electron chi connectivity index (χ3n) is 8.06. The first-order valence-corrected chi connectivity index (χ1v) is 14.7. The van der Waals surface area contributed by atoms with Crippen molar-refractivity contribution in [1.29, 1.82) is 0 Å². The number of ether oxygens (including phenoxy) is 1. The maximum atomic E-state index is 13.4. The van der Waals surface area contributed by atoms with Crippen molar-refractivity contribution in [2.45, 2.75) is 44.0 Å². The topological polar surface area (TPSA) is 90.5 Å². The number of fused-ring (bicyclic) bond motifs is 1. The summed E-state index contributed by atoms with van der Waals surface area (Å²) in [5.41, 5.74) is 2.76. The smallest absolute Gasteiger partial charge is 0.243 e. The normalized spacial score (nSPS) is 20.9. The third kappa shape index (κ3) is 4.99. The van der Waals surface area contributed by atoms with E-state index in [1.54, 1.807) is 30.2 Å². The number of piperidine rings is 1. The summed E-state index contributed by atoms with van der Waals surface area (Å²) in [6.07, 6.45) is 1.68. The van der Waals surface area contributed by atoms with Gasteiger partial charge in [0.15, 0.2) is 0 Å². The Morgan fingerprint density at radius 3 is 2.32 bits per heavy atom. The lowest BCUT2D eigenvalue weighted by Gasteiger charge is -2.39. The minimum Gasteiger partial charge on any atom is -0.497 e. The van der Waals surface area contributed by atoms with Gasteiger partial charge in [-0.05, 0) is 62.1 Å². The fourth-order valence-electron chi connectivity index (χ4n) is 5.99. The zero-order chi connectivity index (χ0) is 27.0. The van der Waals surface area contributed by atoms with Crippen LogP contribution in [0.4, 0.5) is 11.4 Å². The molecule has 0 bridgehead atoms. The highest BCUT2D eigenvalue weighted by atomic mass is 32.2. The van der Waals surface area contributed by atoms with Gasteiger partial charge in [-0.25, -0.2) is 8.42 Å². The molecule has 2 saturated heterocycles. The molecule has 0 N–H and O–H groups in total. The van der Waals surface area contributed by atoms with Crippen LogP contribution >= 0.6 is 0 Å². The number of sulfonamides is 1. The number of amides is 2. The number of hydrogen-bond donors (Lipinski definition) is 0. The number of nitrogens with zero attached hydrogens (tertiary/aromatic N) is 4. The summed E-state index contributed by atoms with van der Waals surface area (Å²) in [6, 6.07) is 13.0. The average Bonchev–Trinajstić information content (AvgIpc) is 3.28. The molecule has 0 unspecified atom stereocenters. The Morgan fingerprint density at radius 1 is 0.947 bits per heavy atom. The minimum atomic E-state index is -3.67. The van der Waals surface area contributed by atoms with E-state index in [9.17, 15) is 18.0 Å². The molecule has 2 aromatic carbocycles. The largest absolute Gasteiger partial charge is 0.497 e. The van der Waals surface area contributed by atoms with Crippen LogP contribution in [0.15, 0.2) is 47.4 Å². The van der Waals surface area contributed by atoms with Gasteiger partial charge in [0.05, 0.1) is 12.0 Å². The number of benzene rings is 2. The average molecular weight is 541 g/mol. The number of carbonyl (C=O) groups excluding carboxylic acids is 2. The Hall–Kier alpha value is -3.11. The van der Waals surface area contributed by atoms with E-state index < -0.39 is 10.0 Å². The van der Waals surface area contributed by atoms with E-state index in [0.717, 1.165) is 35.8 Å². The predicted octanol–water partition coefficient (Wildman–Crippen LogP) is 2.74. The van der Waals surface area contributed by atoms with Crippen LogP contribution in [0.2, 0.25) is 0 Å². The van der Waals surface area contributed by atoms with Gasteiger partial charge in [0.2, 0.25) is 21.8 Å². The Kier molecular flexibility index (Phi) is 7.37. The Morgan fingerprint density at radius 2 is 1.66 bits per heavy atom. The van der Waals surface area contributed by atoms with E-state index in [2.05, 4.69) is 11.0 Å². The lowest BCUT2D eigenvalue weighted by Crippen LogP contribution is -2.52. The van der Waals surface area contributed by atoms with Gasteiger partial charge in [0.25, 0.3) is 0 Å². The van der Waals surface area contributed by atoms with Gasteiger partial charge in [0, 0.05) is 75.6 Å². The molecule has 9 nitrogen and oxygen atoms in total. The molecule has 2 fully saturated rings. The predicted molar refractivity (Wildman–Crippen MR) is 146 cm³/mol. The standard InChI is InChI=1S/C28H36N4O5S/c1-20-17-23-18-26(7-8-27(23)32(20)21(2)33)38(35,36)31-11-9-22(10-12-31)28(34)30-15-13-29(14-16-30)24-5-4-6-25(19-24)37-3/h4-8,18-20,22H,9-17H2,1-3H3/t20-/m1/s1. The molecule has 3 heterocycles. The number of rotatable bonds is 5. The van der Waals surface area contributed by atoms with Crippen LogP contribution in [0.1, 0.15) is 32.3 Å². The molecule has 0 radical (unpaired) electrons. The van der Waals surface area contributed by atoms with E-state index in [4.69, 9.17) is 4.74 Å². The van der Waals surface area contributed by atoms with Gasteiger partial charge in [0.1, 0.15) is 5.75 Å². The summed E-state index contributed by atoms with van der Waals surface area (Å²) in [4.78, 5) is 31.4. The Bertz CT molecular complexity index is 1310. The summed E-state index contributed by atoms with van der Waals surface area (Å²) in [7, 11) is -2.01. The molecule has 0 saturated carbocycles. The first-order chi connectivity index (χ1) is 18.2. The summed E-state index contributed by atoms with van der Waals surface area (Å²) in [5, 5.41) is 0. The molecular formula is C28H36N4O5S. The molecule has 0 aromatic heterocycles. The first-order valence-electron chi connectivity index (χ1n) is 13.3. The van der Waals surface area contributed by atoms with Crippen molar-refractivity contribution in [3.8, 4) is 5.75 Å². The number of hydrogen-bond acceptors (Lipinski definition) is 6. The monoisotopic (exact) mass is 540 g/mol. The molecule has 10 heteroatoms. The summed E-state index contributed by atoms with van der Waals surface area (Å²) >= 11 is 0. The fraction of sp³-hybridized carbons (Fsp3) is 0.500. The molecule has 2 amide bonds. The molecule has 3 aliphatic heterocycles. The lowest BCUT2D eigenvalue weighted by molar-refractivity contribution is -0.137. The van der Waals surface area contributed by atoms with Crippen LogP contribution in [-0.4, -0.2) is 81.9 Å². The van der Waals surface area contributed by atoms with E-state index >= 15 is 0 Å². The van der Waals surface area contributed by atoms with E-state index in [-0.39, 0.29) is 28.7 Å². The van der Waals surface area contributed by atoms with Crippen molar-refractivity contribution in [3.63, 3.8) is 0 Å². The Balaban J connectivity index is 1.17. The summed E-state index contributed by atoms with van der Waals surface area (Å²) < 4.78 is 33.7. The second kappa shape index (κ2) is 10.6. The number of anilines is 2. The lowest BCUT2D eigenvalue weighted by atomic mass is 9.96. The third-order valence-corrected chi connectivity index (χ3v) is 9.95. The van der Waals surface area contributed by atoms with Crippen LogP contribution in [0, 0.1) is 5.92 Å². The van der Waals surface area contributed by atoms with Crippen molar-refractivity contribution in [2.24, 2.45) is 5.92 Å². The highest BCUT2D eigenvalue weighted by molar-refractivity contribution is 7.89.